The Hall–Kier alpha value is -3.77. The zero-order chi connectivity index (χ0) is 22.8. The van der Waals surface area contributed by atoms with Crippen LogP contribution in [0, 0.1) is 19.7 Å². The molecule has 0 atom stereocenters. The highest BCUT2D eigenvalue weighted by atomic mass is 35.5. The van der Waals surface area contributed by atoms with Gasteiger partial charge in [-0.2, -0.15) is 5.10 Å². The number of carbonyl (C=O) groups excluding carboxylic acids is 1. The summed E-state index contributed by atoms with van der Waals surface area (Å²) in [7, 11) is 0. The summed E-state index contributed by atoms with van der Waals surface area (Å²) >= 11 is 6.18. The van der Waals surface area contributed by atoms with Crippen LogP contribution in [0.2, 0.25) is 5.02 Å². The summed E-state index contributed by atoms with van der Waals surface area (Å²) in [4.78, 5) is 26.2. The van der Waals surface area contributed by atoms with Crippen LogP contribution in [-0.2, 0) is 0 Å². The first-order valence-electron chi connectivity index (χ1n) is 9.87. The molecule has 0 bridgehead atoms. The summed E-state index contributed by atoms with van der Waals surface area (Å²) in [5.74, 6) is -0.755. The van der Waals surface area contributed by atoms with Gasteiger partial charge < -0.3 is 5.32 Å². The lowest BCUT2D eigenvalue weighted by Gasteiger charge is -2.18. The quantitative estimate of drug-likeness (QED) is 0.445. The Bertz CT molecular complexity index is 1360. The van der Waals surface area contributed by atoms with E-state index in [9.17, 15) is 14.0 Å². The van der Waals surface area contributed by atoms with Gasteiger partial charge in [0.15, 0.2) is 0 Å². The van der Waals surface area contributed by atoms with Gasteiger partial charge in [0, 0.05) is 10.6 Å². The molecule has 1 aromatic heterocycles. The lowest BCUT2D eigenvalue weighted by Crippen LogP contribution is -2.25. The van der Waals surface area contributed by atoms with E-state index in [1.165, 1.54) is 28.9 Å². The predicted molar refractivity (Wildman–Crippen MR) is 124 cm³/mol. The van der Waals surface area contributed by atoms with Crippen molar-refractivity contribution in [1.82, 2.24) is 9.78 Å². The van der Waals surface area contributed by atoms with E-state index in [0.29, 0.717) is 21.8 Å². The van der Waals surface area contributed by atoms with Crippen molar-refractivity contribution < 1.29 is 9.18 Å². The van der Waals surface area contributed by atoms with Gasteiger partial charge in [-0.25, -0.2) is 9.07 Å². The van der Waals surface area contributed by atoms with Gasteiger partial charge in [-0.1, -0.05) is 47.5 Å². The van der Waals surface area contributed by atoms with Crippen LogP contribution in [0.4, 0.5) is 10.2 Å². The Labute approximate surface area is 189 Å². The second-order valence-corrected chi connectivity index (χ2v) is 7.79. The summed E-state index contributed by atoms with van der Waals surface area (Å²) in [5.41, 5.74) is 2.74. The van der Waals surface area contributed by atoms with E-state index in [4.69, 9.17) is 11.6 Å². The SMILES string of the molecule is Cc1ccc(-c2c(NC(=O)c3ccc(F)cc3)n(-c3cccc(Cl)c3)nc(C)c2=O)cc1. The standard InChI is InChI=1S/C25H19ClFN3O2/c1-15-6-8-17(9-7-15)22-23(31)16(2)29-30(21-5-3-4-19(26)14-21)24(22)28-25(32)18-10-12-20(27)13-11-18/h3-14H,1-2H3,(H,28,32). The second kappa shape index (κ2) is 8.77. The second-order valence-electron chi connectivity index (χ2n) is 7.36. The molecule has 0 aliphatic rings. The molecule has 7 heteroatoms. The molecule has 32 heavy (non-hydrogen) atoms. The monoisotopic (exact) mass is 447 g/mol. The van der Waals surface area contributed by atoms with Gasteiger partial charge in [0.2, 0.25) is 5.43 Å². The minimum absolute atomic E-state index is 0.195. The van der Waals surface area contributed by atoms with Crippen LogP contribution in [0.15, 0.2) is 77.6 Å². The van der Waals surface area contributed by atoms with Gasteiger partial charge in [0.25, 0.3) is 5.91 Å². The highest BCUT2D eigenvalue weighted by Gasteiger charge is 2.21. The number of nitrogens with one attached hydrogen (secondary N) is 1. The molecule has 0 fully saturated rings. The number of anilines is 1. The summed E-state index contributed by atoms with van der Waals surface area (Å²) in [6.07, 6.45) is 0. The fraction of sp³-hybridized carbons (Fsp3) is 0.0800. The van der Waals surface area contributed by atoms with Crippen molar-refractivity contribution in [1.29, 1.82) is 0 Å². The summed E-state index contributed by atoms with van der Waals surface area (Å²) < 4.78 is 14.8. The van der Waals surface area contributed by atoms with E-state index >= 15 is 0 Å². The maximum Gasteiger partial charge on any atom is 0.256 e. The summed E-state index contributed by atoms with van der Waals surface area (Å²) in [6, 6.07) is 19.5. The molecular formula is C25H19ClFN3O2. The predicted octanol–water partition coefficient (Wildman–Crippen LogP) is 5.56. The average Bonchev–Trinajstić information content (AvgIpc) is 2.77. The molecule has 1 amide bonds. The molecule has 4 aromatic rings. The zero-order valence-corrected chi connectivity index (χ0v) is 18.2. The van der Waals surface area contributed by atoms with Crippen molar-refractivity contribution in [2.45, 2.75) is 13.8 Å². The van der Waals surface area contributed by atoms with E-state index in [1.54, 1.807) is 31.2 Å². The summed E-state index contributed by atoms with van der Waals surface area (Å²) in [5, 5.41) is 7.71. The molecular weight excluding hydrogens is 429 g/mol. The van der Waals surface area contributed by atoms with E-state index < -0.39 is 11.7 Å². The number of hydrogen-bond acceptors (Lipinski definition) is 3. The molecule has 160 valence electrons. The van der Waals surface area contributed by atoms with Crippen LogP contribution in [0.5, 0.6) is 0 Å². The Kier molecular flexibility index (Phi) is 5.88. The average molecular weight is 448 g/mol. The molecule has 3 aromatic carbocycles. The topological polar surface area (TPSA) is 64.0 Å². The molecule has 0 spiro atoms. The number of amides is 1. The van der Waals surface area contributed by atoms with Crippen molar-refractivity contribution in [3.8, 4) is 16.8 Å². The van der Waals surface area contributed by atoms with Gasteiger partial charge in [0.05, 0.1) is 11.3 Å². The number of rotatable bonds is 4. The Morgan fingerprint density at radius 3 is 2.34 bits per heavy atom. The minimum atomic E-state index is -0.501. The zero-order valence-electron chi connectivity index (χ0n) is 17.4. The van der Waals surface area contributed by atoms with Gasteiger partial charge in [-0.05, 0) is 61.9 Å². The van der Waals surface area contributed by atoms with E-state index in [0.717, 1.165) is 5.56 Å². The van der Waals surface area contributed by atoms with E-state index in [1.807, 2.05) is 31.2 Å². The number of carbonyl (C=O) groups is 1. The van der Waals surface area contributed by atoms with Crippen LogP contribution >= 0.6 is 11.6 Å². The largest absolute Gasteiger partial charge is 0.306 e. The molecule has 0 aliphatic carbocycles. The first kappa shape index (κ1) is 21.5. The van der Waals surface area contributed by atoms with Crippen LogP contribution in [-0.4, -0.2) is 15.7 Å². The highest BCUT2D eigenvalue weighted by molar-refractivity contribution is 6.30. The number of nitrogens with zero attached hydrogens (tertiary/aromatic N) is 2. The molecule has 1 N–H and O–H groups in total. The number of hydrogen-bond donors (Lipinski definition) is 1. The summed E-state index contributed by atoms with van der Waals surface area (Å²) in [6.45, 7) is 3.57. The Morgan fingerprint density at radius 1 is 1.00 bits per heavy atom. The fourth-order valence-electron chi connectivity index (χ4n) is 3.32. The smallest absolute Gasteiger partial charge is 0.256 e. The fourth-order valence-corrected chi connectivity index (χ4v) is 3.50. The van der Waals surface area contributed by atoms with Crippen molar-refractivity contribution in [2.75, 3.05) is 5.32 Å². The molecule has 0 unspecified atom stereocenters. The van der Waals surface area contributed by atoms with Gasteiger partial charge >= 0.3 is 0 Å². The molecule has 0 saturated heterocycles. The first-order chi connectivity index (χ1) is 15.3. The van der Waals surface area contributed by atoms with Gasteiger partial charge in [0.1, 0.15) is 17.3 Å². The number of benzene rings is 3. The maximum atomic E-state index is 13.3. The number of halogens is 2. The number of aromatic nitrogens is 2. The third kappa shape index (κ3) is 4.31. The van der Waals surface area contributed by atoms with Gasteiger partial charge in [-0.3, -0.25) is 9.59 Å². The van der Waals surface area contributed by atoms with Gasteiger partial charge in [-0.15, -0.1) is 0 Å². The lowest BCUT2D eigenvalue weighted by atomic mass is 10.0. The molecule has 4 rings (SSSR count). The normalized spacial score (nSPS) is 10.8. The first-order valence-corrected chi connectivity index (χ1v) is 10.2. The van der Waals surface area contributed by atoms with E-state index in [-0.39, 0.29) is 22.5 Å². The third-order valence-electron chi connectivity index (χ3n) is 4.99. The van der Waals surface area contributed by atoms with Crippen molar-refractivity contribution >= 4 is 23.3 Å². The van der Waals surface area contributed by atoms with Crippen LogP contribution in [0.1, 0.15) is 21.6 Å². The third-order valence-corrected chi connectivity index (χ3v) is 5.22. The highest BCUT2D eigenvalue weighted by Crippen LogP contribution is 2.28. The molecule has 0 aliphatic heterocycles. The Morgan fingerprint density at radius 2 is 1.69 bits per heavy atom. The minimum Gasteiger partial charge on any atom is -0.306 e. The lowest BCUT2D eigenvalue weighted by molar-refractivity contribution is 0.102. The van der Waals surface area contributed by atoms with Crippen LogP contribution < -0.4 is 10.7 Å². The Balaban J connectivity index is 1.96. The van der Waals surface area contributed by atoms with Crippen molar-refractivity contribution in [3.63, 3.8) is 0 Å². The van der Waals surface area contributed by atoms with Crippen LogP contribution in [0.25, 0.3) is 16.8 Å². The molecule has 0 saturated carbocycles. The van der Waals surface area contributed by atoms with Crippen molar-refractivity contribution in [3.05, 3.63) is 111 Å². The molecule has 0 radical (unpaired) electrons. The molecule has 1 heterocycles. The number of aryl methyl sites for hydroxylation is 2. The molecule has 5 nitrogen and oxygen atoms in total. The maximum absolute atomic E-state index is 13.3. The van der Waals surface area contributed by atoms with Crippen LogP contribution in [0.3, 0.4) is 0 Å². The van der Waals surface area contributed by atoms with E-state index in [2.05, 4.69) is 10.4 Å². The van der Waals surface area contributed by atoms with Crippen molar-refractivity contribution in [2.24, 2.45) is 0 Å².